The fourth-order valence-corrected chi connectivity index (χ4v) is 2.14. The molecule has 8 heteroatoms. The molecule has 1 aromatic carbocycles. The Morgan fingerprint density at radius 1 is 1.18 bits per heavy atom. The number of urea groups is 1. The maximum atomic E-state index is 11.9. The first-order valence-corrected chi connectivity index (χ1v) is 6.87. The molecule has 2 rings (SSSR count). The van der Waals surface area contributed by atoms with Crippen LogP contribution in [0.3, 0.4) is 0 Å². The summed E-state index contributed by atoms with van der Waals surface area (Å²) in [5.41, 5.74) is 0.824. The van der Waals surface area contributed by atoms with Crippen LogP contribution in [0.25, 0.3) is 0 Å². The quantitative estimate of drug-likeness (QED) is 0.660. The molecule has 1 heterocycles. The van der Waals surface area contributed by atoms with Crippen LogP contribution in [0.4, 0.5) is 4.79 Å². The Hall–Kier alpha value is -2.41. The van der Waals surface area contributed by atoms with Crippen LogP contribution in [0, 0.1) is 0 Å². The molecule has 1 aliphatic heterocycles. The molecule has 0 spiro atoms. The molecule has 7 nitrogen and oxygen atoms in total. The lowest BCUT2D eigenvalue weighted by molar-refractivity contribution is -0.143. The number of imide groups is 2. The predicted octanol–water partition coefficient (Wildman–Crippen LogP) is 0.938. The molecule has 0 aromatic heterocycles. The summed E-state index contributed by atoms with van der Waals surface area (Å²) in [6.45, 7) is 1.26. The highest BCUT2D eigenvalue weighted by Crippen LogP contribution is 2.16. The monoisotopic (exact) mass is 323 g/mol. The van der Waals surface area contributed by atoms with Crippen molar-refractivity contribution in [2.45, 2.75) is 13.0 Å². The predicted molar refractivity (Wildman–Crippen MR) is 77.9 cm³/mol. The molecular formula is C14H14ClN3O4. The van der Waals surface area contributed by atoms with Crippen molar-refractivity contribution in [1.29, 1.82) is 0 Å². The number of likely N-dealkylation sites (N-methyl/N-ethyl adjacent to an activating group) is 1. The number of rotatable bonds is 4. The Kier molecular flexibility index (Phi) is 4.46. The number of benzene rings is 1. The second kappa shape index (κ2) is 6.15. The van der Waals surface area contributed by atoms with Gasteiger partial charge in [0.15, 0.2) is 0 Å². The van der Waals surface area contributed by atoms with Crippen molar-refractivity contribution >= 4 is 35.4 Å². The van der Waals surface area contributed by atoms with Crippen LogP contribution >= 0.6 is 11.6 Å². The molecule has 1 fully saturated rings. The molecule has 1 atom stereocenters. The Labute approximate surface area is 131 Å². The van der Waals surface area contributed by atoms with E-state index in [4.69, 9.17) is 11.6 Å². The van der Waals surface area contributed by atoms with E-state index in [-0.39, 0.29) is 6.04 Å². The molecule has 22 heavy (non-hydrogen) atoms. The summed E-state index contributed by atoms with van der Waals surface area (Å²) in [5.74, 6) is -2.47. The van der Waals surface area contributed by atoms with Crippen LogP contribution in [0.15, 0.2) is 24.3 Å². The molecule has 0 saturated carbocycles. The number of amides is 5. The van der Waals surface area contributed by atoms with Gasteiger partial charge in [0.1, 0.15) is 6.54 Å². The zero-order valence-electron chi connectivity index (χ0n) is 12.0. The van der Waals surface area contributed by atoms with Crippen molar-refractivity contribution in [1.82, 2.24) is 15.1 Å². The lowest BCUT2D eigenvalue weighted by atomic mass is 10.1. The SMILES string of the molecule is C[C@H](NC(=O)CN1C(=O)C(=O)N(C)C1=O)c1ccc(Cl)cc1. The topological polar surface area (TPSA) is 86.8 Å². The van der Waals surface area contributed by atoms with Gasteiger partial charge in [-0.2, -0.15) is 0 Å². The smallest absolute Gasteiger partial charge is 0.334 e. The first-order chi connectivity index (χ1) is 10.3. The van der Waals surface area contributed by atoms with E-state index < -0.39 is 30.3 Å². The molecule has 1 aliphatic rings. The average molecular weight is 324 g/mol. The van der Waals surface area contributed by atoms with Gasteiger partial charge in [0, 0.05) is 12.1 Å². The van der Waals surface area contributed by atoms with E-state index in [1.54, 1.807) is 31.2 Å². The molecule has 0 bridgehead atoms. The molecule has 0 aliphatic carbocycles. The van der Waals surface area contributed by atoms with Gasteiger partial charge in [-0.25, -0.2) is 9.69 Å². The van der Waals surface area contributed by atoms with Crippen LogP contribution in [0.5, 0.6) is 0 Å². The maximum Gasteiger partial charge on any atom is 0.334 e. The second-order valence-electron chi connectivity index (χ2n) is 4.88. The van der Waals surface area contributed by atoms with Gasteiger partial charge in [-0.3, -0.25) is 19.3 Å². The van der Waals surface area contributed by atoms with Crippen LogP contribution in [-0.4, -0.2) is 47.1 Å². The van der Waals surface area contributed by atoms with Crippen molar-refractivity contribution in [3.63, 3.8) is 0 Å². The molecular weight excluding hydrogens is 310 g/mol. The molecule has 1 saturated heterocycles. The van der Waals surface area contributed by atoms with Crippen LogP contribution < -0.4 is 5.32 Å². The molecule has 0 unspecified atom stereocenters. The van der Waals surface area contributed by atoms with Crippen molar-refractivity contribution in [2.75, 3.05) is 13.6 Å². The third-order valence-corrected chi connectivity index (χ3v) is 3.55. The van der Waals surface area contributed by atoms with Gasteiger partial charge in [0.05, 0.1) is 6.04 Å². The zero-order valence-corrected chi connectivity index (χ0v) is 12.8. The summed E-state index contributed by atoms with van der Waals surface area (Å²) in [7, 11) is 1.19. The van der Waals surface area contributed by atoms with Gasteiger partial charge >= 0.3 is 17.8 Å². The van der Waals surface area contributed by atoms with Crippen molar-refractivity contribution < 1.29 is 19.2 Å². The lowest BCUT2D eigenvalue weighted by Crippen LogP contribution is -2.41. The van der Waals surface area contributed by atoms with Gasteiger partial charge in [0.25, 0.3) is 0 Å². The fraction of sp³-hybridized carbons (Fsp3) is 0.286. The maximum absolute atomic E-state index is 11.9. The van der Waals surface area contributed by atoms with E-state index in [2.05, 4.69) is 5.32 Å². The second-order valence-corrected chi connectivity index (χ2v) is 5.32. The van der Waals surface area contributed by atoms with E-state index in [9.17, 15) is 19.2 Å². The van der Waals surface area contributed by atoms with Crippen molar-refractivity contribution in [2.24, 2.45) is 0 Å². The van der Waals surface area contributed by atoms with Gasteiger partial charge < -0.3 is 5.32 Å². The third kappa shape index (κ3) is 3.09. The largest absolute Gasteiger partial charge is 0.348 e. The Bertz CT molecular complexity index is 644. The van der Waals surface area contributed by atoms with Crippen LogP contribution in [0.1, 0.15) is 18.5 Å². The molecule has 1 N–H and O–H groups in total. The number of halogens is 1. The molecule has 0 radical (unpaired) electrons. The number of nitrogens with one attached hydrogen (secondary N) is 1. The third-order valence-electron chi connectivity index (χ3n) is 3.30. The number of carbonyl (C=O) groups is 4. The highest BCUT2D eigenvalue weighted by molar-refractivity contribution is 6.44. The summed E-state index contributed by atoms with van der Waals surface area (Å²) in [6.07, 6.45) is 0. The number of hydrogen-bond donors (Lipinski definition) is 1. The molecule has 5 amide bonds. The Morgan fingerprint density at radius 2 is 1.77 bits per heavy atom. The fourth-order valence-electron chi connectivity index (χ4n) is 2.02. The normalized spacial score (nSPS) is 16.2. The highest BCUT2D eigenvalue weighted by atomic mass is 35.5. The Balaban J connectivity index is 1.98. The van der Waals surface area contributed by atoms with E-state index in [0.717, 1.165) is 5.56 Å². The number of hydrogen-bond acceptors (Lipinski definition) is 4. The Morgan fingerprint density at radius 3 is 2.27 bits per heavy atom. The van der Waals surface area contributed by atoms with E-state index in [1.165, 1.54) is 7.05 Å². The minimum absolute atomic E-state index is 0.328. The zero-order chi connectivity index (χ0) is 16.4. The minimum atomic E-state index is -0.998. The van der Waals surface area contributed by atoms with Crippen molar-refractivity contribution in [3.05, 3.63) is 34.9 Å². The lowest BCUT2D eigenvalue weighted by Gasteiger charge is -2.17. The summed E-state index contributed by atoms with van der Waals surface area (Å²) < 4.78 is 0. The first kappa shape index (κ1) is 16.0. The van der Waals surface area contributed by atoms with Gasteiger partial charge in [-0.05, 0) is 24.6 Å². The molecule has 116 valence electrons. The summed E-state index contributed by atoms with van der Waals surface area (Å²) in [4.78, 5) is 47.8. The first-order valence-electron chi connectivity index (χ1n) is 6.49. The van der Waals surface area contributed by atoms with E-state index >= 15 is 0 Å². The van der Waals surface area contributed by atoms with Crippen LogP contribution in [0.2, 0.25) is 5.02 Å². The van der Waals surface area contributed by atoms with E-state index in [1.807, 2.05) is 0 Å². The van der Waals surface area contributed by atoms with Crippen molar-refractivity contribution in [3.8, 4) is 0 Å². The number of carbonyl (C=O) groups excluding carboxylic acids is 4. The van der Waals surface area contributed by atoms with Gasteiger partial charge in [-0.1, -0.05) is 23.7 Å². The molecule has 1 aromatic rings. The summed E-state index contributed by atoms with van der Waals surface area (Å²) in [5, 5.41) is 3.24. The van der Waals surface area contributed by atoms with Gasteiger partial charge in [0.2, 0.25) is 5.91 Å². The summed E-state index contributed by atoms with van der Waals surface area (Å²) >= 11 is 5.79. The standard InChI is InChI=1S/C14H14ClN3O4/c1-8(9-3-5-10(15)6-4-9)16-11(19)7-18-13(21)12(20)17(2)14(18)22/h3-6,8H,7H2,1-2H3,(H,16,19)/t8-/m0/s1. The number of nitrogens with zero attached hydrogens (tertiary/aromatic N) is 2. The average Bonchev–Trinajstić information content (AvgIpc) is 2.65. The summed E-state index contributed by atoms with van der Waals surface area (Å²) in [6, 6.07) is 5.78. The highest BCUT2D eigenvalue weighted by Gasteiger charge is 2.43. The van der Waals surface area contributed by atoms with Gasteiger partial charge in [-0.15, -0.1) is 0 Å². The minimum Gasteiger partial charge on any atom is -0.348 e. The van der Waals surface area contributed by atoms with Crippen LogP contribution in [-0.2, 0) is 14.4 Å². The van der Waals surface area contributed by atoms with E-state index in [0.29, 0.717) is 14.8 Å².